The molecule has 0 spiro atoms. The fraction of sp³-hybridized carbons (Fsp3) is 0.500. The number of nitrogens with zero attached hydrogens (tertiary/aromatic N) is 2. The molecule has 0 aromatic carbocycles. The van der Waals surface area contributed by atoms with E-state index in [-0.39, 0.29) is 0 Å². The molecule has 0 aliphatic heterocycles. The highest BCUT2D eigenvalue weighted by Crippen LogP contribution is 2.04. The van der Waals surface area contributed by atoms with Crippen LogP contribution in [0.25, 0.3) is 0 Å². The third-order valence-electron chi connectivity index (χ3n) is 1.80. The molecular weight excluding hydrogens is 162 g/mol. The molecule has 3 nitrogen and oxygen atoms in total. The lowest BCUT2D eigenvalue weighted by atomic mass is 10.3. The minimum absolute atomic E-state index is 0.956. The molecule has 0 unspecified atom stereocenters. The maximum atomic E-state index is 4.20. The number of hydrogen-bond acceptors (Lipinski definition) is 3. The van der Waals surface area contributed by atoms with Crippen LogP contribution in [-0.2, 0) is 0 Å². The molecule has 0 bridgehead atoms. The van der Waals surface area contributed by atoms with Crippen molar-refractivity contribution in [3.8, 4) is 0 Å². The normalized spacial score (nSPS) is 10.5. The van der Waals surface area contributed by atoms with Crippen molar-refractivity contribution >= 4 is 5.69 Å². The molecule has 0 saturated heterocycles. The number of anilines is 1. The zero-order chi connectivity index (χ0) is 9.68. The molecule has 0 radical (unpaired) electrons. The number of likely N-dealkylation sites (N-methyl/N-ethyl adjacent to an activating group) is 1. The van der Waals surface area contributed by atoms with Crippen LogP contribution in [0.1, 0.15) is 5.69 Å². The minimum Gasteiger partial charge on any atom is -0.383 e. The fourth-order valence-electron chi connectivity index (χ4n) is 0.996. The third kappa shape index (κ3) is 3.90. The van der Waals surface area contributed by atoms with E-state index in [1.165, 1.54) is 0 Å². The maximum Gasteiger partial charge on any atom is 0.0527 e. The Morgan fingerprint density at radius 3 is 2.69 bits per heavy atom. The van der Waals surface area contributed by atoms with Gasteiger partial charge in [-0.1, -0.05) is 0 Å². The molecule has 0 fully saturated rings. The zero-order valence-corrected chi connectivity index (χ0v) is 8.54. The monoisotopic (exact) mass is 179 g/mol. The molecule has 1 aromatic rings. The van der Waals surface area contributed by atoms with Crippen LogP contribution in [0.15, 0.2) is 18.3 Å². The summed E-state index contributed by atoms with van der Waals surface area (Å²) in [5, 5.41) is 3.30. The van der Waals surface area contributed by atoms with Gasteiger partial charge in [-0.15, -0.1) is 0 Å². The summed E-state index contributed by atoms with van der Waals surface area (Å²) in [6.07, 6.45) is 1.87. The van der Waals surface area contributed by atoms with Crippen molar-refractivity contribution in [2.75, 3.05) is 32.5 Å². The van der Waals surface area contributed by atoms with Crippen LogP contribution in [0.5, 0.6) is 0 Å². The number of aromatic nitrogens is 1. The molecule has 1 aromatic heterocycles. The Bertz CT molecular complexity index is 241. The highest BCUT2D eigenvalue weighted by Gasteiger charge is 1.92. The van der Waals surface area contributed by atoms with Crippen molar-refractivity contribution in [2.24, 2.45) is 0 Å². The molecule has 0 aliphatic rings. The number of rotatable bonds is 4. The molecule has 13 heavy (non-hydrogen) atoms. The Morgan fingerprint density at radius 2 is 2.15 bits per heavy atom. The van der Waals surface area contributed by atoms with Crippen molar-refractivity contribution in [1.82, 2.24) is 9.88 Å². The van der Waals surface area contributed by atoms with Crippen molar-refractivity contribution in [3.05, 3.63) is 24.0 Å². The van der Waals surface area contributed by atoms with Gasteiger partial charge in [-0.2, -0.15) is 0 Å². The van der Waals surface area contributed by atoms with E-state index < -0.39 is 0 Å². The van der Waals surface area contributed by atoms with Gasteiger partial charge in [0.15, 0.2) is 0 Å². The quantitative estimate of drug-likeness (QED) is 0.756. The van der Waals surface area contributed by atoms with E-state index in [2.05, 4.69) is 35.4 Å². The Balaban J connectivity index is 2.33. The summed E-state index contributed by atoms with van der Waals surface area (Å²) in [4.78, 5) is 6.35. The van der Waals surface area contributed by atoms with Crippen molar-refractivity contribution in [1.29, 1.82) is 0 Å². The predicted octanol–water partition coefficient (Wildman–Crippen LogP) is 1.36. The van der Waals surface area contributed by atoms with E-state index in [4.69, 9.17) is 0 Å². The van der Waals surface area contributed by atoms with Gasteiger partial charge in [0.05, 0.1) is 11.9 Å². The highest BCUT2D eigenvalue weighted by molar-refractivity contribution is 5.40. The summed E-state index contributed by atoms with van der Waals surface area (Å²) >= 11 is 0. The molecular formula is C10H17N3. The topological polar surface area (TPSA) is 28.2 Å². The van der Waals surface area contributed by atoms with Gasteiger partial charge in [0.1, 0.15) is 0 Å². The summed E-state index contributed by atoms with van der Waals surface area (Å²) in [7, 11) is 4.13. The molecule has 72 valence electrons. The van der Waals surface area contributed by atoms with Gasteiger partial charge in [-0.05, 0) is 33.2 Å². The highest BCUT2D eigenvalue weighted by atomic mass is 15.1. The number of pyridine rings is 1. The average Bonchev–Trinajstić information content (AvgIpc) is 2.08. The van der Waals surface area contributed by atoms with E-state index in [1.54, 1.807) is 0 Å². The Hall–Kier alpha value is -1.09. The first-order valence-corrected chi connectivity index (χ1v) is 4.50. The van der Waals surface area contributed by atoms with Crippen LogP contribution in [0.4, 0.5) is 5.69 Å². The SMILES string of the molecule is Cc1ccc(NCCN(C)C)cn1. The average molecular weight is 179 g/mol. The summed E-state index contributed by atoms with van der Waals surface area (Å²) in [6.45, 7) is 3.98. The molecule has 3 heteroatoms. The van der Waals surface area contributed by atoms with Gasteiger partial charge in [-0.3, -0.25) is 4.98 Å². The summed E-state index contributed by atoms with van der Waals surface area (Å²) in [5.74, 6) is 0. The summed E-state index contributed by atoms with van der Waals surface area (Å²) in [6, 6.07) is 4.07. The van der Waals surface area contributed by atoms with Crippen LogP contribution in [0.3, 0.4) is 0 Å². The van der Waals surface area contributed by atoms with Crippen LogP contribution in [0.2, 0.25) is 0 Å². The largest absolute Gasteiger partial charge is 0.383 e. The first kappa shape index (κ1) is 9.99. The van der Waals surface area contributed by atoms with Crippen LogP contribution in [0, 0.1) is 6.92 Å². The smallest absolute Gasteiger partial charge is 0.0527 e. The lowest BCUT2D eigenvalue weighted by Crippen LogP contribution is -2.20. The zero-order valence-electron chi connectivity index (χ0n) is 8.54. The van der Waals surface area contributed by atoms with Crippen molar-refractivity contribution < 1.29 is 0 Å². The molecule has 0 atom stereocenters. The standard InChI is InChI=1S/C10H17N3/c1-9-4-5-10(8-12-9)11-6-7-13(2)3/h4-5,8,11H,6-7H2,1-3H3. The van der Waals surface area contributed by atoms with Crippen LogP contribution >= 0.6 is 0 Å². The molecule has 1 rings (SSSR count). The van der Waals surface area contributed by atoms with Crippen molar-refractivity contribution in [3.63, 3.8) is 0 Å². The van der Waals surface area contributed by atoms with E-state index in [9.17, 15) is 0 Å². The second-order valence-electron chi connectivity index (χ2n) is 3.42. The molecule has 0 aliphatic carbocycles. The second-order valence-corrected chi connectivity index (χ2v) is 3.42. The lowest BCUT2D eigenvalue weighted by Gasteiger charge is -2.10. The Labute approximate surface area is 79.8 Å². The molecule has 0 saturated carbocycles. The van der Waals surface area contributed by atoms with E-state index in [1.807, 2.05) is 19.2 Å². The molecule has 1 heterocycles. The van der Waals surface area contributed by atoms with E-state index >= 15 is 0 Å². The summed E-state index contributed by atoms with van der Waals surface area (Å²) in [5.41, 5.74) is 2.14. The van der Waals surface area contributed by atoms with Gasteiger partial charge < -0.3 is 10.2 Å². The van der Waals surface area contributed by atoms with Crippen LogP contribution < -0.4 is 5.32 Å². The predicted molar refractivity (Wildman–Crippen MR) is 56.0 cm³/mol. The van der Waals surface area contributed by atoms with E-state index in [0.717, 1.165) is 24.5 Å². The Kier molecular flexibility index (Phi) is 3.71. The number of hydrogen-bond donors (Lipinski definition) is 1. The van der Waals surface area contributed by atoms with Gasteiger partial charge in [0.2, 0.25) is 0 Å². The van der Waals surface area contributed by atoms with Gasteiger partial charge in [0, 0.05) is 18.8 Å². The maximum absolute atomic E-state index is 4.20. The minimum atomic E-state index is 0.956. The second kappa shape index (κ2) is 4.82. The number of aryl methyl sites for hydroxylation is 1. The number of nitrogens with one attached hydrogen (secondary N) is 1. The van der Waals surface area contributed by atoms with Gasteiger partial charge >= 0.3 is 0 Å². The van der Waals surface area contributed by atoms with E-state index in [0.29, 0.717) is 0 Å². The lowest BCUT2D eigenvalue weighted by molar-refractivity contribution is 0.425. The first-order chi connectivity index (χ1) is 6.18. The summed E-state index contributed by atoms with van der Waals surface area (Å²) < 4.78 is 0. The van der Waals surface area contributed by atoms with Crippen molar-refractivity contribution in [2.45, 2.75) is 6.92 Å². The molecule has 1 N–H and O–H groups in total. The molecule has 0 amide bonds. The van der Waals surface area contributed by atoms with Crippen LogP contribution in [-0.4, -0.2) is 37.1 Å². The fourth-order valence-corrected chi connectivity index (χ4v) is 0.996. The Morgan fingerprint density at radius 1 is 1.38 bits per heavy atom. The van der Waals surface area contributed by atoms with Gasteiger partial charge in [0.25, 0.3) is 0 Å². The van der Waals surface area contributed by atoms with Gasteiger partial charge in [-0.25, -0.2) is 0 Å². The first-order valence-electron chi connectivity index (χ1n) is 4.50. The third-order valence-corrected chi connectivity index (χ3v) is 1.80.